The van der Waals surface area contributed by atoms with Gasteiger partial charge in [0.05, 0.1) is 12.8 Å². The Hall–Kier alpha value is -2.22. The van der Waals surface area contributed by atoms with Gasteiger partial charge in [-0.2, -0.15) is 0 Å². The van der Waals surface area contributed by atoms with E-state index in [-0.39, 0.29) is 5.91 Å². The van der Waals surface area contributed by atoms with E-state index in [0.717, 1.165) is 42.0 Å². The van der Waals surface area contributed by atoms with Crippen molar-refractivity contribution in [2.24, 2.45) is 0 Å². The maximum atomic E-state index is 12.4. The number of carbonyl (C=O) groups is 1. The molecule has 2 heterocycles. The van der Waals surface area contributed by atoms with Crippen LogP contribution in [0.2, 0.25) is 0 Å². The first-order valence-corrected chi connectivity index (χ1v) is 10.7. The van der Waals surface area contributed by atoms with Crippen molar-refractivity contribution in [2.45, 2.75) is 19.5 Å². The molecule has 1 aromatic heterocycles. The molecular formula is C21H20BrN3O2S. The molecule has 0 bridgehead atoms. The van der Waals surface area contributed by atoms with Crippen molar-refractivity contribution in [1.29, 1.82) is 0 Å². The molecule has 0 radical (unpaired) electrons. The summed E-state index contributed by atoms with van der Waals surface area (Å²) in [6.45, 7) is 2.66. The van der Waals surface area contributed by atoms with E-state index in [2.05, 4.69) is 43.3 Å². The summed E-state index contributed by atoms with van der Waals surface area (Å²) in [6.07, 6.45) is 1.00. The number of methoxy groups -OCH3 is 1. The van der Waals surface area contributed by atoms with Crippen LogP contribution in [0.25, 0.3) is 0 Å². The zero-order valence-corrected chi connectivity index (χ0v) is 17.8. The summed E-state index contributed by atoms with van der Waals surface area (Å²) in [7, 11) is 1.70. The number of anilines is 1. The molecular weight excluding hydrogens is 438 g/mol. The average Bonchev–Trinajstić information content (AvgIpc) is 3.14. The molecule has 0 aliphatic carbocycles. The zero-order chi connectivity index (χ0) is 19.5. The minimum absolute atomic E-state index is 0.150. The zero-order valence-electron chi connectivity index (χ0n) is 15.4. The molecule has 144 valence electrons. The van der Waals surface area contributed by atoms with Crippen molar-refractivity contribution >= 4 is 38.3 Å². The normalized spacial score (nSPS) is 13.8. The van der Waals surface area contributed by atoms with Crippen molar-refractivity contribution in [3.63, 3.8) is 0 Å². The fourth-order valence-corrected chi connectivity index (χ4v) is 4.41. The smallest absolute Gasteiger partial charge is 0.257 e. The van der Waals surface area contributed by atoms with Gasteiger partial charge in [0.2, 0.25) is 0 Å². The van der Waals surface area contributed by atoms with Crippen molar-refractivity contribution in [3.05, 3.63) is 74.7 Å². The first-order chi connectivity index (χ1) is 13.6. The summed E-state index contributed by atoms with van der Waals surface area (Å²) < 4.78 is 6.19. The van der Waals surface area contributed by atoms with Gasteiger partial charge in [-0.05, 0) is 47.9 Å². The maximum absolute atomic E-state index is 12.4. The number of thiazole rings is 1. The molecule has 0 spiro atoms. The average molecular weight is 458 g/mol. The number of aromatic nitrogens is 1. The molecule has 0 unspecified atom stereocenters. The van der Waals surface area contributed by atoms with E-state index in [4.69, 9.17) is 4.74 Å². The lowest BCUT2D eigenvalue weighted by Gasteiger charge is -2.28. The summed E-state index contributed by atoms with van der Waals surface area (Å²) >= 11 is 4.85. The summed E-state index contributed by atoms with van der Waals surface area (Å²) in [5.41, 5.74) is 4.28. The summed E-state index contributed by atoms with van der Waals surface area (Å²) in [5, 5.41) is 5.53. The second-order valence-electron chi connectivity index (χ2n) is 6.70. The number of carbonyl (C=O) groups excluding carboxylic acids is 1. The van der Waals surface area contributed by atoms with E-state index in [1.54, 1.807) is 19.2 Å². The van der Waals surface area contributed by atoms with Gasteiger partial charge in [-0.3, -0.25) is 15.0 Å². The lowest BCUT2D eigenvalue weighted by Crippen LogP contribution is -2.30. The van der Waals surface area contributed by atoms with Gasteiger partial charge < -0.3 is 4.74 Å². The Bertz CT molecular complexity index is 1000. The Morgan fingerprint density at radius 1 is 1.29 bits per heavy atom. The molecule has 1 aliphatic rings. The Morgan fingerprint density at radius 2 is 2.18 bits per heavy atom. The molecule has 0 saturated carbocycles. The Labute approximate surface area is 176 Å². The molecule has 0 saturated heterocycles. The van der Waals surface area contributed by atoms with Crippen LogP contribution >= 0.6 is 27.3 Å². The Kier molecular flexibility index (Phi) is 5.75. The number of halogens is 1. The van der Waals surface area contributed by atoms with Crippen LogP contribution in [0, 0.1) is 0 Å². The number of hydrogen-bond acceptors (Lipinski definition) is 5. The lowest BCUT2D eigenvalue weighted by molar-refractivity contribution is 0.102. The molecule has 1 amide bonds. The second kappa shape index (κ2) is 8.43. The fourth-order valence-electron chi connectivity index (χ4n) is 3.31. The van der Waals surface area contributed by atoms with Gasteiger partial charge in [-0.25, -0.2) is 4.98 Å². The number of benzene rings is 2. The number of ether oxygens (including phenoxy) is 1. The summed E-state index contributed by atoms with van der Waals surface area (Å²) in [4.78, 5) is 19.3. The van der Waals surface area contributed by atoms with Crippen LogP contribution in [0.1, 0.15) is 27.2 Å². The van der Waals surface area contributed by atoms with E-state index < -0.39 is 0 Å². The van der Waals surface area contributed by atoms with Crippen molar-refractivity contribution in [1.82, 2.24) is 9.88 Å². The van der Waals surface area contributed by atoms with Crippen LogP contribution in [-0.2, 0) is 19.5 Å². The number of rotatable bonds is 5. The molecule has 3 aromatic rings. The third-order valence-corrected chi connectivity index (χ3v) is 6.05. The molecule has 5 nitrogen and oxygen atoms in total. The van der Waals surface area contributed by atoms with E-state index in [9.17, 15) is 4.79 Å². The predicted molar refractivity (Wildman–Crippen MR) is 115 cm³/mol. The SMILES string of the molecule is COc1ccc2c(c1)CCN(Cc1csc(NC(=O)c3cccc(Br)c3)n1)C2. The maximum Gasteiger partial charge on any atom is 0.257 e. The standard InChI is InChI=1S/C21H20BrN3O2S/c1-27-19-6-5-16-11-25(8-7-14(16)10-19)12-18-13-28-21(23-18)24-20(26)15-3-2-4-17(22)9-15/h2-6,9-10,13H,7-8,11-12H2,1H3,(H,23,24,26). The monoisotopic (exact) mass is 457 g/mol. The number of nitrogens with one attached hydrogen (secondary N) is 1. The van der Waals surface area contributed by atoms with Gasteiger partial charge in [-0.1, -0.05) is 28.1 Å². The number of fused-ring (bicyclic) bond motifs is 1. The molecule has 2 aromatic carbocycles. The number of hydrogen-bond donors (Lipinski definition) is 1. The van der Waals surface area contributed by atoms with Crippen LogP contribution < -0.4 is 10.1 Å². The van der Waals surface area contributed by atoms with E-state index in [1.807, 2.05) is 23.6 Å². The molecule has 0 atom stereocenters. The van der Waals surface area contributed by atoms with Crippen LogP contribution in [0.3, 0.4) is 0 Å². The number of nitrogens with zero attached hydrogens (tertiary/aromatic N) is 2. The lowest BCUT2D eigenvalue weighted by atomic mass is 9.99. The van der Waals surface area contributed by atoms with Gasteiger partial charge in [0.15, 0.2) is 5.13 Å². The molecule has 4 rings (SSSR count). The second-order valence-corrected chi connectivity index (χ2v) is 8.48. The van der Waals surface area contributed by atoms with Gasteiger partial charge >= 0.3 is 0 Å². The molecule has 7 heteroatoms. The van der Waals surface area contributed by atoms with Crippen LogP contribution in [0.15, 0.2) is 52.3 Å². The molecule has 1 aliphatic heterocycles. The minimum atomic E-state index is -0.150. The topological polar surface area (TPSA) is 54.5 Å². The quantitative estimate of drug-likeness (QED) is 0.601. The highest BCUT2D eigenvalue weighted by atomic mass is 79.9. The van der Waals surface area contributed by atoms with Crippen LogP contribution in [0.4, 0.5) is 5.13 Å². The highest BCUT2D eigenvalue weighted by molar-refractivity contribution is 9.10. The molecule has 1 N–H and O–H groups in total. The minimum Gasteiger partial charge on any atom is -0.497 e. The number of amides is 1. The van der Waals surface area contributed by atoms with Gasteiger partial charge in [-0.15, -0.1) is 11.3 Å². The van der Waals surface area contributed by atoms with Gasteiger partial charge in [0.25, 0.3) is 5.91 Å². The highest BCUT2D eigenvalue weighted by Gasteiger charge is 2.18. The van der Waals surface area contributed by atoms with E-state index >= 15 is 0 Å². The predicted octanol–water partition coefficient (Wildman–Crippen LogP) is 4.72. The third-order valence-electron chi connectivity index (χ3n) is 4.75. The van der Waals surface area contributed by atoms with Crippen molar-refractivity contribution in [3.8, 4) is 5.75 Å². The first kappa shape index (κ1) is 19.1. The highest BCUT2D eigenvalue weighted by Crippen LogP contribution is 2.25. The van der Waals surface area contributed by atoms with Crippen LogP contribution in [0.5, 0.6) is 5.75 Å². The van der Waals surface area contributed by atoms with E-state index in [1.165, 1.54) is 22.5 Å². The van der Waals surface area contributed by atoms with Crippen LogP contribution in [-0.4, -0.2) is 29.4 Å². The van der Waals surface area contributed by atoms with Crippen molar-refractivity contribution < 1.29 is 9.53 Å². The Balaban J connectivity index is 1.38. The molecule has 28 heavy (non-hydrogen) atoms. The van der Waals surface area contributed by atoms with Gasteiger partial charge in [0.1, 0.15) is 5.75 Å². The van der Waals surface area contributed by atoms with E-state index in [0.29, 0.717) is 10.7 Å². The van der Waals surface area contributed by atoms with Gasteiger partial charge in [0, 0.05) is 35.1 Å². The third kappa shape index (κ3) is 4.43. The Morgan fingerprint density at radius 3 is 3.00 bits per heavy atom. The molecule has 0 fully saturated rings. The largest absolute Gasteiger partial charge is 0.497 e. The summed E-state index contributed by atoms with van der Waals surface area (Å²) in [5.74, 6) is 0.764. The summed E-state index contributed by atoms with van der Waals surface area (Å²) in [6, 6.07) is 13.6. The first-order valence-electron chi connectivity index (χ1n) is 9.00. The fraction of sp³-hybridized carbons (Fsp3) is 0.238. The van der Waals surface area contributed by atoms with Crippen molar-refractivity contribution in [2.75, 3.05) is 19.0 Å².